The average Bonchev–Trinajstić information content (AvgIpc) is 3.06. The van der Waals surface area contributed by atoms with E-state index in [-0.39, 0.29) is 0 Å². The maximum atomic E-state index is 2.34. The lowest BCUT2D eigenvalue weighted by Crippen LogP contribution is -1.87. The number of fused-ring (bicyclic) bond motifs is 6. The van der Waals surface area contributed by atoms with E-state index in [0.717, 1.165) is 0 Å². The maximum absolute atomic E-state index is 2.34. The van der Waals surface area contributed by atoms with Gasteiger partial charge in [-0.05, 0) is 83.9 Å². The molecule has 0 nitrogen and oxygen atoms in total. The second-order valence-corrected chi connectivity index (χ2v) is 10.6. The highest BCUT2D eigenvalue weighted by atomic mass is 14.1. The van der Waals surface area contributed by atoms with E-state index >= 15 is 0 Å². The Morgan fingerprint density at radius 2 is 0.476 bits per heavy atom. The molecular formula is C42H30. The lowest BCUT2D eigenvalue weighted by atomic mass is 9.91. The van der Waals surface area contributed by atoms with Gasteiger partial charge < -0.3 is 0 Å². The Morgan fingerprint density at radius 3 is 0.762 bits per heavy atom. The summed E-state index contributed by atoms with van der Waals surface area (Å²) in [5.41, 5.74) is 7.18. The van der Waals surface area contributed by atoms with Gasteiger partial charge in [-0.1, -0.05) is 164 Å². The van der Waals surface area contributed by atoms with Crippen molar-refractivity contribution in [3.8, 4) is 0 Å². The summed E-state index contributed by atoms with van der Waals surface area (Å²) in [5.74, 6) is 0. The predicted molar refractivity (Wildman–Crippen MR) is 185 cm³/mol. The SMILES string of the molecule is C(=C\c1ccc2c(c1)c1ccc(/C=C/c3ccccc3)cc1c1ccc(/C=C/c3ccccc3)cc21)/c1ccccc1. The summed E-state index contributed by atoms with van der Waals surface area (Å²) >= 11 is 0. The van der Waals surface area contributed by atoms with Gasteiger partial charge in [0.05, 0.1) is 0 Å². The first-order chi connectivity index (χ1) is 20.8. The van der Waals surface area contributed by atoms with Crippen molar-refractivity contribution in [2.45, 2.75) is 0 Å². The monoisotopic (exact) mass is 534 g/mol. The van der Waals surface area contributed by atoms with E-state index in [1.807, 2.05) is 0 Å². The van der Waals surface area contributed by atoms with Crippen molar-refractivity contribution in [2.24, 2.45) is 0 Å². The molecule has 0 saturated heterocycles. The second kappa shape index (κ2) is 11.6. The Balaban J connectivity index is 1.39. The first-order valence-electron chi connectivity index (χ1n) is 14.4. The van der Waals surface area contributed by atoms with Crippen molar-refractivity contribution < 1.29 is 0 Å². The standard InChI is InChI=1S/C42H30/c1-4-10-31(11-5-1)16-19-34-22-25-37-40(28-34)38-26-23-35(20-17-32-12-6-2-7-13-32)30-42(38)39-27-24-36(29-41(37)39)21-18-33-14-8-3-9-15-33/h1-30H/b19-16+,20-17+,21-18+. The smallest absolute Gasteiger partial charge is 0.00930 e. The largest absolute Gasteiger partial charge is 0.0622 e. The lowest BCUT2D eigenvalue weighted by Gasteiger charge is -2.13. The van der Waals surface area contributed by atoms with E-state index in [9.17, 15) is 0 Å². The molecule has 7 aromatic carbocycles. The molecule has 0 fully saturated rings. The zero-order chi connectivity index (χ0) is 28.1. The minimum atomic E-state index is 1.19. The van der Waals surface area contributed by atoms with Gasteiger partial charge in [0.1, 0.15) is 0 Å². The first kappa shape index (κ1) is 25.5. The molecule has 0 N–H and O–H groups in total. The Kier molecular flexibility index (Phi) is 7.02. The highest BCUT2D eigenvalue weighted by molar-refractivity contribution is 6.26. The number of hydrogen-bond acceptors (Lipinski definition) is 0. The van der Waals surface area contributed by atoms with Crippen LogP contribution in [-0.2, 0) is 0 Å². The minimum Gasteiger partial charge on any atom is -0.0622 e. The van der Waals surface area contributed by atoms with E-state index in [0.29, 0.717) is 0 Å². The Labute approximate surface area is 247 Å². The first-order valence-corrected chi connectivity index (χ1v) is 14.4. The van der Waals surface area contributed by atoms with E-state index in [2.05, 4.69) is 182 Å². The Hall–Kier alpha value is -5.46. The molecule has 0 heteroatoms. The molecular weight excluding hydrogens is 504 g/mol. The molecule has 42 heavy (non-hydrogen) atoms. The fraction of sp³-hybridized carbons (Fsp3) is 0. The minimum absolute atomic E-state index is 1.19. The molecule has 0 aliphatic heterocycles. The van der Waals surface area contributed by atoms with Crippen LogP contribution in [0.3, 0.4) is 0 Å². The molecule has 0 atom stereocenters. The molecule has 0 aliphatic carbocycles. The molecule has 0 heterocycles. The Bertz CT molecular complexity index is 1820. The Morgan fingerprint density at radius 1 is 0.214 bits per heavy atom. The van der Waals surface area contributed by atoms with Crippen LogP contribution >= 0.6 is 0 Å². The number of hydrogen-bond donors (Lipinski definition) is 0. The van der Waals surface area contributed by atoms with Gasteiger partial charge in [0.2, 0.25) is 0 Å². The summed E-state index contributed by atoms with van der Waals surface area (Å²) in [6.07, 6.45) is 13.2. The maximum Gasteiger partial charge on any atom is -0.00930 e. The van der Waals surface area contributed by atoms with Crippen LogP contribution in [0.2, 0.25) is 0 Å². The van der Waals surface area contributed by atoms with Crippen LogP contribution in [0.5, 0.6) is 0 Å². The van der Waals surface area contributed by atoms with Crippen LogP contribution in [0, 0.1) is 0 Å². The number of rotatable bonds is 6. The van der Waals surface area contributed by atoms with Crippen molar-refractivity contribution in [1.82, 2.24) is 0 Å². The van der Waals surface area contributed by atoms with Gasteiger partial charge in [-0.3, -0.25) is 0 Å². The van der Waals surface area contributed by atoms with E-state index in [1.165, 1.54) is 65.7 Å². The fourth-order valence-corrected chi connectivity index (χ4v) is 5.64. The predicted octanol–water partition coefficient (Wildman–Crippen LogP) is 11.7. The average molecular weight is 535 g/mol. The highest BCUT2D eigenvalue weighted by Gasteiger charge is 2.10. The molecule has 7 aromatic rings. The normalized spacial score (nSPS) is 12.0. The van der Waals surface area contributed by atoms with Gasteiger partial charge in [-0.25, -0.2) is 0 Å². The van der Waals surface area contributed by atoms with Crippen molar-refractivity contribution in [2.75, 3.05) is 0 Å². The van der Waals surface area contributed by atoms with Crippen LogP contribution < -0.4 is 0 Å². The molecule has 0 bridgehead atoms. The summed E-state index contributed by atoms with van der Waals surface area (Å²) in [6, 6.07) is 52.0. The van der Waals surface area contributed by atoms with Gasteiger partial charge in [0, 0.05) is 0 Å². The molecule has 7 rings (SSSR count). The van der Waals surface area contributed by atoms with Gasteiger partial charge in [0.15, 0.2) is 0 Å². The van der Waals surface area contributed by atoms with Crippen molar-refractivity contribution in [3.63, 3.8) is 0 Å². The summed E-state index contributed by atoms with van der Waals surface area (Å²) in [6.45, 7) is 0. The van der Waals surface area contributed by atoms with Crippen molar-refractivity contribution >= 4 is 68.8 Å². The summed E-state index contributed by atoms with van der Waals surface area (Å²) < 4.78 is 0. The zero-order valence-electron chi connectivity index (χ0n) is 23.3. The lowest BCUT2D eigenvalue weighted by molar-refractivity contribution is 1.66. The third-order valence-electron chi connectivity index (χ3n) is 7.80. The quantitative estimate of drug-likeness (QED) is 0.147. The van der Waals surface area contributed by atoms with Crippen molar-refractivity contribution in [3.05, 3.63) is 179 Å². The third kappa shape index (κ3) is 5.44. The zero-order valence-corrected chi connectivity index (χ0v) is 23.3. The van der Waals surface area contributed by atoms with E-state index in [1.54, 1.807) is 0 Å². The molecule has 198 valence electrons. The fourth-order valence-electron chi connectivity index (χ4n) is 5.64. The van der Waals surface area contributed by atoms with Gasteiger partial charge >= 0.3 is 0 Å². The number of benzene rings is 7. The topological polar surface area (TPSA) is 0 Å². The van der Waals surface area contributed by atoms with Crippen LogP contribution in [0.25, 0.3) is 68.8 Å². The molecule has 0 saturated carbocycles. The molecule has 0 unspecified atom stereocenters. The van der Waals surface area contributed by atoms with Crippen LogP contribution in [0.1, 0.15) is 33.4 Å². The van der Waals surface area contributed by atoms with E-state index < -0.39 is 0 Å². The molecule has 0 aliphatic rings. The summed E-state index contributed by atoms with van der Waals surface area (Å²) in [7, 11) is 0. The van der Waals surface area contributed by atoms with E-state index in [4.69, 9.17) is 0 Å². The van der Waals surface area contributed by atoms with Crippen LogP contribution in [0.15, 0.2) is 146 Å². The molecule has 0 amide bonds. The highest BCUT2D eigenvalue weighted by Crippen LogP contribution is 2.37. The summed E-state index contributed by atoms with van der Waals surface area (Å²) in [4.78, 5) is 0. The second-order valence-electron chi connectivity index (χ2n) is 10.6. The third-order valence-corrected chi connectivity index (χ3v) is 7.80. The summed E-state index contributed by atoms with van der Waals surface area (Å²) in [5, 5.41) is 7.65. The van der Waals surface area contributed by atoms with Crippen molar-refractivity contribution in [1.29, 1.82) is 0 Å². The van der Waals surface area contributed by atoms with Crippen LogP contribution in [0.4, 0.5) is 0 Å². The van der Waals surface area contributed by atoms with Gasteiger partial charge in [-0.15, -0.1) is 0 Å². The van der Waals surface area contributed by atoms with Gasteiger partial charge in [-0.2, -0.15) is 0 Å². The van der Waals surface area contributed by atoms with Crippen LogP contribution in [-0.4, -0.2) is 0 Å². The molecule has 0 radical (unpaired) electrons. The molecule has 0 aromatic heterocycles. The molecule has 0 spiro atoms. The van der Waals surface area contributed by atoms with Gasteiger partial charge in [0.25, 0.3) is 0 Å².